The van der Waals surface area contributed by atoms with Crippen LogP contribution in [-0.4, -0.2) is 11.8 Å². The Morgan fingerprint density at radius 2 is 1.15 bits per heavy atom. The van der Waals surface area contributed by atoms with Gasteiger partial charge >= 0.3 is 0 Å². The maximum Gasteiger partial charge on any atom is 0.239 e. The van der Waals surface area contributed by atoms with Crippen molar-refractivity contribution in [1.29, 1.82) is 0 Å². The first kappa shape index (κ1) is 19.9. The summed E-state index contributed by atoms with van der Waals surface area (Å²) in [6, 6.07) is 34.3. The number of carbonyl (C=O) groups is 2. The molecule has 0 unspecified atom stereocenters. The fourth-order valence-electron chi connectivity index (χ4n) is 6.37. The number of alkyl halides is 1. The molecule has 2 atom stereocenters. The van der Waals surface area contributed by atoms with Crippen molar-refractivity contribution in [3.63, 3.8) is 0 Å². The lowest BCUT2D eigenvalue weighted by Gasteiger charge is -2.51. The lowest BCUT2D eigenvalue weighted by Crippen LogP contribution is -2.50. The smallest absolute Gasteiger partial charge is 0.239 e. The number of hydrogen-bond donors (Lipinski definition) is 0. The third kappa shape index (κ3) is 2.41. The minimum absolute atomic E-state index is 0.111. The van der Waals surface area contributed by atoms with E-state index in [1.54, 1.807) is 0 Å². The van der Waals surface area contributed by atoms with Crippen LogP contribution in [0.25, 0.3) is 11.1 Å². The first-order valence-electron chi connectivity index (χ1n) is 11.5. The van der Waals surface area contributed by atoms with Crippen molar-refractivity contribution in [2.24, 2.45) is 11.8 Å². The summed E-state index contributed by atoms with van der Waals surface area (Å²) >= 11 is 4.05. The van der Waals surface area contributed by atoms with Gasteiger partial charge in [0.2, 0.25) is 11.8 Å². The molecule has 3 nitrogen and oxygen atoms in total. The van der Waals surface area contributed by atoms with Crippen molar-refractivity contribution in [3.05, 3.63) is 125 Å². The highest BCUT2D eigenvalue weighted by Gasteiger charge is 2.67. The number of nitrogens with zero attached hydrogens (tertiary/aromatic N) is 1. The van der Waals surface area contributed by atoms with Gasteiger partial charge in [0.1, 0.15) is 0 Å². The number of benzene rings is 4. The Bertz CT molecular complexity index is 1430. The molecule has 4 aromatic rings. The molecular formula is C30H20BrNO2. The van der Waals surface area contributed by atoms with Crippen LogP contribution in [0.15, 0.2) is 103 Å². The van der Waals surface area contributed by atoms with Gasteiger partial charge in [-0.05, 0) is 45.5 Å². The van der Waals surface area contributed by atoms with Crippen molar-refractivity contribution in [1.82, 2.24) is 0 Å². The lowest BCUT2D eigenvalue weighted by molar-refractivity contribution is -0.122. The summed E-state index contributed by atoms with van der Waals surface area (Å²) in [5.74, 6) is -1.27. The predicted octanol–water partition coefficient (Wildman–Crippen LogP) is 6.26. The molecular weight excluding hydrogens is 486 g/mol. The standard InChI is InChI=1S/C30H20BrNO2/c31-30-23-12-6-4-10-21(23)25(22-11-5-7-13-24(22)30)26-27(30)29(34)32(28(26)33)20-16-14-19(15-17-20)18-8-2-1-3-9-18/h1-17,25-27H/t25?,26-,27+,30?/m1/s1. The van der Waals surface area contributed by atoms with Gasteiger partial charge in [-0.15, -0.1) is 0 Å². The summed E-state index contributed by atoms with van der Waals surface area (Å²) in [5, 5.41) is 0. The molecule has 2 bridgehead atoms. The number of carbonyl (C=O) groups excluding carboxylic acids is 2. The molecule has 4 aromatic carbocycles. The van der Waals surface area contributed by atoms with E-state index < -0.39 is 16.2 Å². The van der Waals surface area contributed by atoms with Gasteiger partial charge in [-0.25, -0.2) is 4.90 Å². The third-order valence-electron chi connectivity index (χ3n) is 7.75. The van der Waals surface area contributed by atoms with Crippen molar-refractivity contribution in [2.45, 2.75) is 10.2 Å². The molecule has 0 N–H and O–H groups in total. The van der Waals surface area contributed by atoms with Crippen LogP contribution in [0, 0.1) is 11.8 Å². The maximum atomic E-state index is 14.0. The molecule has 0 spiro atoms. The summed E-state index contributed by atoms with van der Waals surface area (Å²) in [5.41, 5.74) is 7.27. The number of imide groups is 1. The zero-order valence-corrected chi connectivity index (χ0v) is 19.8. The van der Waals surface area contributed by atoms with E-state index in [1.165, 1.54) is 4.90 Å². The molecule has 1 heterocycles. The SMILES string of the molecule is O=C1[C@@H]2C3c4ccccc4C(Br)(c4ccccc43)[C@@H]2C(=O)N1c1ccc(-c2ccccc2)cc1. The van der Waals surface area contributed by atoms with Gasteiger partial charge in [-0.1, -0.05) is 107 Å². The largest absolute Gasteiger partial charge is 0.274 e. The molecule has 0 aromatic heterocycles. The normalized spacial score (nSPS) is 26.3. The van der Waals surface area contributed by atoms with Gasteiger partial charge in [0.15, 0.2) is 0 Å². The second kappa shape index (κ2) is 7.00. The van der Waals surface area contributed by atoms with E-state index >= 15 is 0 Å². The minimum atomic E-state index is -0.717. The molecule has 2 amide bonds. The van der Waals surface area contributed by atoms with E-state index in [4.69, 9.17) is 0 Å². The van der Waals surface area contributed by atoms with Gasteiger partial charge in [-0.2, -0.15) is 0 Å². The Labute approximate surface area is 206 Å². The van der Waals surface area contributed by atoms with Crippen LogP contribution in [-0.2, 0) is 13.9 Å². The first-order valence-corrected chi connectivity index (χ1v) is 12.3. The van der Waals surface area contributed by atoms with E-state index in [1.807, 2.05) is 66.7 Å². The monoisotopic (exact) mass is 505 g/mol. The molecule has 34 heavy (non-hydrogen) atoms. The highest BCUT2D eigenvalue weighted by atomic mass is 79.9. The van der Waals surface area contributed by atoms with E-state index in [2.05, 4.69) is 52.3 Å². The highest BCUT2D eigenvalue weighted by Crippen LogP contribution is 2.66. The molecule has 1 aliphatic heterocycles. The topological polar surface area (TPSA) is 37.4 Å². The molecule has 0 radical (unpaired) electrons. The molecule has 4 heteroatoms. The highest BCUT2D eigenvalue weighted by molar-refractivity contribution is 9.09. The molecule has 4 aliphatic rings. The summed E-state index contributed by atoms with van der Waals surface area (Å²) in [6.45, 7) is 0. The van der Waals surface area contributed by atoms with Crippen LogP contribution in [0.3, 0.4) is 0 Å². The summed E-state index contributed by atoms with van der Waals surface area (Å²) in [7, 11) is 0. The zero-order valence-electron chi connectivity index (χ0n) is 18.2. The zero-order chi connectivity index (χ0) is 23.0. The van der Waals surface area contributed by atoms with E-state index in [0.717, 1.165) is 33.4 Å². The summed E-state index contributed by atoms with van der Waals surface area (Å²) in [6.07, 6.45) is 0. The lowest BCUT2D eigenvalue weighted by atomic mass is 9.55. The Morgan fingerprint density at radius 1 is 0.618 bits per heavy atom. The minimum Gasteiger partial charge on any atom is -0.274 e. The molecule has 1 fully saturated rings. The van der Waals surface area contributed by atoms with Gasteiger partial charge in [0, 0.05) is 5.92 Å². The molecule has 164 valence electrons. The number of anilines is 1. The van der Waals surface area contributed by atoms with Gasteiger partial charge in [-0.3, -0.25) is 9.59 Å². The van der Waals surface area contributed by atoms with Gasteiger partial charge in [0.25, 0.3) is 0 Å². The van der Waals surface area contributed by atoms with Crippen LogP contribution in [0.4, 0.5) is 5.69 Å². The van der Waals surface area contributed by atoms with Crippen LogP contribution < -0.4 is 4.90 Å². The van der Waals surface area contributed by atoms with Crippen LogP contribution in [0.2, 0.25) is 0 Å². The quantitative estimate of drug-likeness (QED) is 0.238. The van der Waals surface area contributed by atoms with E-state index in [0.29, 0.717) is 5.69 Å². The molecule has 1 saturated heterocycles. The Kier molecular flexibility index (Phi) is 4.10. The fourth-order valence-corrected chi connectivity index (χ4v) is 7.57. The Morgan fingerprint density at radius 3 is 1.76 bits per heavy atom. The van der Waals surface area contributed by atoms with Crippen LogP contribution >= 0.6 is 15.9 Å². The number of rotatable bonds is 2. The van der Waals surface area contributed by atoms with Crippen molar-refractivity contribution >= 4 is 33.4 Å². The first-order chi connectivity index (χ1) is 16.6. The molecule has 8 rings (SSSR count). The van der Waals surface area contributed by atoms with Crippen LogP contribution in [0.1, 0.15) is 28.2 Å². The van der Waals surface area contributed by atoms with Crippen molar-refractivity contribution in [2.75, 3.05) is 4.90 Å². The van der Waals surface area contributed by atoms with Crippen LogP contribution in [0.5, 0.6) is 0 Å². The second-order valence-electron chi connectivity index (χ2n) is 9.29. The Balaban J connectivity index is 1.36. The molecule has 0 saturated carbocycles. The number of amides is 2. The average Bonchev–Trinajstić information content (AvgIpc) is 3.16. The average molecular weight is 506 g/mol. The van der Waals surface area contributed by atoms with E-state index in [-0.39, 0.29) is 17.7 Å². The maximum absolute atomic E-state index is 14.0. The predicted molar refractivity (Wildman–Crippen MR) is 136 cm³/mol. The Hall–Kier alpha value is -3.50. The van der Waals surface area contributed by atoms with E-state index in [9.17, 15) is 9.59 Å². The summed E-state index contributed by atoms with van der Waals surface area (Å²) in [4.78, 5) is 29.4. The number of hydrogen-bond acceptors (Lipinski definition) is 2. The fraction of sp³-hybridized carbons (Fsp3) is 0.133. The summed E-state index contributed by atoms with van der Waals surface area (Å²) < 4.78 is -0.717. The van der Waals surface area contributed by atoms with Gasteiger partial charge in [0.05, 0.1) is 21.8 Å². The van der Waals surface area contributed by atoms with Gasteiger partial charge < -0.3 is 0 Å². The van der Waals surface area contributed by atoms with Crippen molar-refractivity contribution in [3.8, 4) is 11.1 Å². The second-order valence-corrected chi connectivity index (χ2v) is 10.5. The van der Waals surface area contributed by atoms with Crippen molar-refractivity contribution < 1.29 is 9.59 Å². The number of halogens is 1. The molecule has 3 aliphatic carbocycles. The third-order valence-corrected chi connectivity index (χ3v) is 9.09.